The highest BCUT2D eigenvalue weighted by atomic mass is 31.2. The number of aromatic nitrogens is 2. The molecular weight excluding hydrogens is 413 g/mol. The minimum absolute atomic E-state index is 0.439. The molecule has 4 nitrogen and oxygen atoms in total. The summed E-state index contributed by atoms with van der Waals surface area (Å²) in [5.41, 5.74) is -14.0. The van der Waals surface area contributed by atoms with E-state index in [1.54, 1.807) is 0 Å². The first-order chi connectivity index (χ1) is 11.4. The predicted octanol–water partition coefficient (Wildman–Crippen LogP) is 4.47. The third-order valence-corrected chi connectivity index (χ3v) is 5.38. The van der Waals surface area contributed by atoms with E-state index in [1.165, 1.54) is 0 Å². The summed E-state index contributed by atoms with van der Waals surface area (Å²) < 4.78 is 146. The fraction of sp³-hybridized carbons (Fsp3) is 0.545. The zero-order chi connectivity index (χ0) is 20.8. The van der Waals surface area contributed by atoms with Crippen LogP contribution in [0.2, 0.25) is 0 Å². The number of aryl methyl sites for hydroxylation is 1. The van der Waals surface area contributed by atoms with Gasteiger partial charge in [0.2, 0.25) is 0 Å². The van der Waals surface area contributed by atoms with Gasteiger partial charge in [-0.2, -0.15) is 53.0 Å². The smallest absolute Gasteiger partial charge is 0.366 e. The number of rotatable bonds is 6. The van der Waals surface area contributed by atoms with Gasteiger partial charge in [-0.05, 0) is 0 Å². The molecule has 15 heteroatoms. The van der Waals surface area contributed by atoms with Crippen LogP contribution in [0.3, 0.4) is 0 Å². The van der Waals surface area contributed by atoms with Crippen molar-refractivity contribution >= 4 is 7.37 Å². The third kappa shape index (κ3) is 3.30. The highest BCUT2D eigenvalue weighted by Crippen LogP contribution is 2.76. The average Bonchev–Trinajstić information content (AvgIpc) is 2.77. The molecular formula is C11H10F10N2O2P+. The largest absolute Gasteiger partial charge is 0.465 e. The molecule has 0 aliphatic heterocycles. The van der Waals surface area contributed by atoms with Crippen molar-refractivity contribution in [1.29, 1.82) is 0 Å². The Balaban J connectivity index is 3.72. The van der Waals surface area contributed by atoms with Gasteiger partial charge in [-0.3, -0.25) is 4.57 Å². The van der Waals surface area contributed by atoms with Crippen LogP contribution >= 0.6 is 7.37 Å². The van der Waals surface area contributed by atoms with Crippen LogP contribution in [0.5, 0.6) is 6.01 Å². The van der Waals surface area contributed by atoms with Crippen LogP contribution in [0.4, 0.5) is 43.9 Å². The summed E-state index contributed by atoms with van der Waals surface area (Å²) in [6.45, 7) is 2.73. The van der Waals surface area contributed by atoms with Crippen molar-refractivity contribution in [1.82, 2.24) is 4.57 Å². The second-order valence-corrected chi connectivity index (χ2v) is 7.26. The van der Waals surface area contributed by atoms with Gasteiger partial charge < -0.3 is 4.52 Å². The molecule has 1 aromatic rings. The first-order valence-electron chi connectivity index (χ1n) is 6.28. The SMILES string of the molecule is C=CCn1cc[n+](C)c1OP(=O)(C(F)(F)C(F)(F)F)C(F)(F)C(F)(F)F. The molecule has 26 heavy (non-hydrogen) atoms. The maximum Gasteiger partial charge on any atom is 0.465 e. The van der Waals surface area contributed by atoms with E-state index in [0.29, 0.717) is 9.13 Å². The summed E-state index contributed by atoms with van der Waals surface area (Å²) in [5.74, 6) is 0. The standard InChI is InChI=1S/C11H10F10N2O2P/c1-3-4-23-6-5-22(2)7(23)25-26(24,10(18,19)8(12,13)14)11(20,21)9(15,16)17/h3,5-6H,1,4H2,2H3/q+1. The summed E-state index contributed by atoms with van der Waals surface area (Å²) in [4.78, 5) is 0. The second kappa shape index (κ2) is 6.46. The molecule has 0 radical (unpaired) electrons. The zero-order valence-electron chi connectivity index (χ0n) is 12.6. The van der Waals surface area contributed by atoms with Crippen LogP contribution in [0.1, 0.15) is 0 Å². The number of alkyl halides is 10. The highest BCUT2D eigenvalue weighted by molar-refractivity contribution is 7.62. The monoisotopic (exact) mass is 423 g/mol. The molecule has 1 aromatic heterocycles. The molecule has 0 saturated carbocycles. The molecule has 1 heterocycles. The number of hydrogen-bond acceptors (Lipinski definition) is 2. The van der Waals surface area contributed by atoms with Crippen molar-refractivity contribution in [2.75, 3.05) is 0 Å². The Morgan fingerprint density at radius 3 is 1.85 bits per heavy atom. The van der Waals surface area contributed by atoms with Crippen molar-refractivity contribution in [2.45, 2.75) is 30.2 Å². The number of hydrogen-bond donors (Lipinski definition) is 0. The van der Waals surface area contributed by atoms with Crippen LogP contribution in [0, 0.1) is 0 Å². The van der Waals surface area contributed by atoms with E-state index in [9.17, 15) is 48.5 Å². The number of imidazole rings is 1. The predicted molar refractivity (Wildman–Crippen MR) is 66.0 cm³/mol. The lowest BCUT2D eigenvalue weighted by molar-refractivity contribution is -0.674. The lowest BCUT2D eigenvalue weighted by atomic mass is 10.6. The van der Waals surface area contributed by atoms with Gasteiger partial charge in [0.1, 0.15) is 18.9 Å². The lowest BCUT2D eigenvalue weighted by Gasteiger charge is -2.33. The quantitative estimate of drug-likeness (QED) is 0.293. The van der Waals surface area contributed by atoms with Gasteiger partial charge in [-0.25, -0.2) is 0 Å². The summed E-state index contributed by atoms with van der Waals surface area (Å²) in [6, 6.07) is -1.35. The molecule has 150 valence electrons. The van der Waals surface area contributed by atoms with Crippen molar-refractivity contribution in [3.63, 3.8) is 0 Å². The zero-order valence-corrected chi connectivity index (χ0v) is 13.5. The number of halogens is 10. The minimum Gasteiger partial charge on any atom is -0.366 e. The van der Waals surface area contributed by atoms with Crippen LogP contribution in [-0.2, 0) is 18.2 Å². The van der Waals surface area contributed by atoms with Crippen LogP contribution in [0.15, 0.2) is 25.0 Å². The molecule has 0 aliphatic rings. The Morgan fingerprint density at radius 1 is 1.08 bits per heavy atom. The van der Waals surface area contributed by atoms with Gasteiger partial charge >= 0.3 is 37.1 Å². The lowest BCUT2D eigenvalue weighted by Crippen LogP contribution is -2.49. The molecule has 0 N–H and O–H groups in total. The Labute approximate surface area is 139 Å². The summed E-state index contributed by atoms with van der Waals surface area (Å²) >= 11 is 0. The van der Waals surface area contributed by atoms with E-state index in [0.717, 1.165) is 25.5 Å². The van der Waals surface area contributed by atoms with Crippen molar-refractivity contribution in [2.24, 2.45) is 7.05 Å². The normalized spacial score (nSPS) is 14.4. The van der Waals surface area contributed by atoms with Gasteiger partial charge in [0.25, 0.3) is 0 Å². The summed E-state index contributed by atoms with van der Waals surface area (Å²) in [6.07, 6.45) is -11.3. The van der Waals surface area contributed by atoms with Crippen molar-refractivity contribution < 1.29 is 57.6 Å². The van der Waals surface area contributed by atoms with E-state index >= 15 is 0 Å². The molecule has 0 aliphatic carbocycles. The summed E-state index contributed by atoms with van der Waals surface area (Å²) in [5, 5.41) is 0. The maximum atomic E-state index is 13.5. The van der Waals surface area contributed by atoms with Crippen molar-refractivity contribution in [3.8, 4) is 6.01 Å². The van der Waals surface area contributed by atoms with Crippen LogP contribution < -0.4 is 9.09 Å². The topological polar surface area (TPSA) is 35.1 Å². The van der Waals surface area contributed by atoms with Crippen LogP contribution in [0.25, 0.3) is 0 Å². The number of nitrogens with zero attached hydrogens (tertiary/aromatic N) is 2. The Bertz CT molecular complexity index is 692. The third-order valence-electron chi connectivity index (χ3n) is 2.98. The van der Waals surface area contributed by atoms with E-state index in [-0.39, 0.29) is 0 Å². The van der Waals surface area contributed by atoms with Gasteiger partial charge in [0.05, 0.1) is 7.05 Å². The van der Waals surface area contributed by atoms with E-state index in [1.807, 2.05) is 0 Å². The Kier molecular flexibility index (Phi) is 5.55. The Hall–Kier alpha value is -1.72. The second-order valence-electron chi connectivity index (χ2n) is 4.85. The van der Waals surface area contributed by atoms with Crippen molar-refractivity contribution in [3.05, 3.63) is 25.0 Å². The molecule has 0 fully saturated rings. The van der Waals surface area contributed by atoms with Gasteiger partial charge in [-0.1, -0.05) is 12.7 Å². The maximum absolute atomic E-state index is 13.5. The molecule has 0 bridgehead atoms. The molecule has 0 unspecified atom stereocenters. The molecule has 0 saturated heterocycles. The first-order valence-corrected chi connectivity index (χ1v) is 7.91. The highest BCUT2D eigenvalue weighted by Gasteiger charge is 2.86. The summed E-state index contributed by atoms with van der Waals surface area (Å²) in [7, 11) is -7.26. The fourth-order valence-electron chi connectivity index (χ4n) is 1.65. The Morgan fingerprint density at radius 2 is 1.50 bits per heavy atom. The van der Waals surface area contributed by atoms with Crippen LogP contribution in [-0.4, -0.2) is 28.2 Å². The van der Waals surface area contributed by atoms with Gasteiger partial charge in [-0.15, -0.1) is 0 Å². The molecule has 1 rings (SSSR count). The number of allylic oxidation sites excluding steroid dienone is 1. The van der Waals surface area contributed by atoms with E-state index in [4.69, 9.17) is 0 Å². The minimum atomic E-state index is -8.13. The molecule has 0 amide bonds. The first kappa shape index (κ1) is 22.3. The fourth-order valence-corrected chi connectivity index (χ4v) is 3.36. The molecule has 0 spiro atoms. The van der Waals surface area contributed by atoms with E-state index < -0.39 is 43.6 Å². The average molecular weight is 423 g/mol. The molecule has 0 atom stereocenters. The van der Waals surface area contributed by atoms with Gasteiger partial charge in [0.15, 0.2) is 0 Å². The molecule has 0 aromatic carbocycles. The van der Waals surface area contributed by atoms with E-state index in [2.05, 4.69) is 11.1 Å². The van der Waals surface area contributed by atoms with Gasteiger partial charge in [0, 0.05) is 0 Å².